The van der Waals surface area contributed by atoms with Crippen LogP contribution in [0.2, 0.25) is 0 Å². The predicted molar refractivity (Wildman–Crippen MR) is 234 cm³/mol. The van der Waals surface area contributed by atoms with Gasteiger partial charge in [-0.1, -0.05) is 152 Å². The Labute approximate surface area is 333 Å². The Morgan fingerprint density at radius 3 is 1.53 bits per heavy atom. The van der Waals surface area contributed by atoms with Gasteiger partial charge >= 0.3 is 0 Å². The van der Waals surface area contributed by atoms with Gasteiger partial charge in [0, 0.05) is 33.4 Å². The number of hydrogen-bond donors (Lipinski definition) is 0. The van der Waals surface area contributed by atoms with Gasteiger partial charge in [-0.15, -0.1) is 0 Å². The Morgan fingerprint density at radius 2 is 0.895 bits per heavy atom. The molecule has 0 amide bonds. The molecule has 11 rings (SSSR count). The summed E-state index contributed by atoms with van der Waals surface area (Å²) < 4.78 is 0. The maximum atomic E-state index is 5.34. The standard InChI is InChI=1S/C53H40N4/c1-3-13-37(14-4-1)47-33-50(56-51(54-47)40-19-9-20-42(31-40)53-28-26-35(34-53)27-29-53)46-23-11-18-39-30-41(24-25-44(39)46)52-55-48(38-15-5-2-6-16-38)32-49(57-52)45-22-10-17-36-12-7-8-21-43(36)45/h1-25,30-33,35H,26-29,34H2. The Kier molecular flexibility index (Phi) is 8.10. The average Bonchev–Trinajstić information content (AvgIpc) is 3.92. The zero-order valence-electron chi connectivity index (χ0n) is 31.6. The summed E-state index contributed by atoms with van der Waals surface area (Å²) in [5.74, 6) is 2.34. The molecule has 0 aliphatic heterocycles. The van der Waals surface area contributed by atoms with E-state index in [1.165, 1.54) is 48.4 Å². The second kappa shape index (κ2) is 13.8. The van der Waals surface area contributed by atoms with Gasteiger partial charge in [-0.3, -0.25) is 0 Å². The first-order valence-electron chi connectivity index (χ1n) is 20.2. The zero-order valence-corrected chi connectivity index (χ0v) is 31.6. The van der Waals surface area contributed by atoms with E-state index in [4.69, 9.17) is 19.9 Å². The minimum absolute atomic E-state index is 0.313. The van der Waals surface area contributed by atoms with Gasteiger partial charge in [-0.05, 0) is 94.8 Å². The molecule has 0 atom stereocenters. The first kappa shape index (κ1) is 33.5. The van der Waals surface area contributed by atoms with Crippen LogP contribution in [-0.4, -0.2) is 19.9 Å². The van der Waals surface area contributed by atoms with Crippen molar-refractivity contribution < 1.29 is 0 Å². The predicted octanol–water partition coefficient (Wildman–Crippen LogP) is 13.4. The molecule has 2 heterocycles. The van der Waals surface area contributed by atoms with Crippen LogP contribution in [0.5, 0.6) is 0 Å². The Balaban J connectivity index is 1.04. The molecular weight excluding hydrogens is 693 g/mol. The van der Waals surface area contributed by atoms with Crippen molar-refractivity contribution in [3.8, 4) is 67.8 Å². The van der Waals surface area contributed by atoms with Crippen molar-refractivity contribution in [2.45, 2.75) is 37.5 Å². The van der Waals surface area contributed by atoms with E-state index >= 15 is 0 Å². The molecule has 2 aliphatic carbocycles. The van der Waals surface area contributed by atoms with Crippen molar-refractivity contribution in [1.29, 1.82) is 0 Å². The van der Waals surface area contributed by atoms with Gasteiger partial charge in [0.1, 0.15) is 0 Å². The van der Waals surface area contributed by atoms with Gasteiger partial charge in [0.05, 0.1) is 22.8 Å². The molecule has 4 heteroatoms. The van der Waals surface area contributed by atoms with Crippen LogP contribution in [0.4, 0.5) is 0 Å². The summed E-state index contributed by atoms with van der Waals surface area (Å²) in [5.41, 5.74) is 11.7. The minimum Gasteiger partial charge on any atom is -0.228 e. The third-order valence-electron chi connectivity index (χ3n) is 12.5. The topological polar surface area (TPSA) is 51.6 Å². The highest BCUT2D eigenvalue weighted by molar-refractivity contribution is 5.99. The lowest BCUT2D eigenvalue weighted by Crippen LogP contribution is -2.19. The van der Waals surface area contributed by atoms with Crippen molar-refractivity contribution in [3.63, 3.8) is 0 Å². The van der Waals surface area contributed by atoms with Crippen LogP contribution in [0.1, 0.15) is 37.7 Å². The highest BCUT2D eigenvalue weighted by Gasteiger charge is 2.45. The summed E-state index contributed by atoms with van der Waals surface area (Å²) in [6.45, 7) is 0. The molecule has 0 saturated heterocycles. The van der Waals surface area contributed by atoms with Crippen molar-refractivity contribution in [2.75, 3.05) is 0 Å². The van der Waals surface area contributed by atoms with E-state index in [0.717, 1.165) is 78.7 Å². The smallest absolute Gasteiger partial charge is 0.160 e. The molecular formula is C53H40N4. The normalized spacial score (nSPS) is 17.4. The molecule has 4 nitrogen and oxygen atoms in total. The largest absolute Gasteiger partial charge is 0.228 e. The number of aromatic nitrogens is 4. The molecule has 7 aromatic carbocycles. The van der Waals surface area contributed by atoms with Crippen LogP contribution in [-0.2, 0) is 5.41 Å². The summed E-state index contributed by atoms with van der Waals surface area (Å²) in [6.07, 6.45) is 6.61. The summed E-state index contributed by atoms with van der Waals surface area (Å²) >= 11 is 0. The number of rotatable bonds is 7. The lowest BCUT2D eigenvalue weighted by Gasteiger charge is -2.27. The number of nitrogens with zero attached hydrogens (tertiary/aromatic N) is 4. The van der Waals surface area contributed by atoms with Crippen molar-refractivity contribution in [1.82, 2.24) is 19.9 Å². The third kappa shape index (κ3) is 6.09. The monoisotopic (exact) mass is 732 g/mol. The van der Waals surface area contributed by atoms with Gasteiger partial charge in [-0.25, -0.2) is 19.9 Å². The molecule has 2 bridgehead atoms. The highest BCUT2D eigenvalue weighted by Crippen LogP contribution is 2.55. The molecule has 2 aliphatic rings. The number of hydrogen-bond acceptors (Lipinski definition) is 4. The first-order chi connectivity index (χ1) is 28.2. The minimum atomic E-state index is 0.313. The van der Waals surface area contributed by atoms with Gasteiger partial charge < -0.3 is 0 Å². The molecule has 9 aromatic rings. The van der Waals surface area contributed by atoms with E-state index in [9.17, 15) is 0 Å². The van der Waals surface area contributed by atoms with Crippen LogP contribution >= 0.6 is 0 Å². The summed E-state index contributed by atoms with van der Waals surface area (Å²) in [5, 5.41) is 4.58. The van der Waals surface area contributed by atoms with Crippen LogP contribution in [0.15, 0.2) is 176 Å². The lowest BCUT2D eigenvalue weighted by atomic mass is 9.77. The number of fused-ring (bicyclic) bond motifs is 4. The van der Waals surface area contributed by atoms with E-state index in [1.807, 2.05) is 6.07 Å². The van der Waals surface area contributed by atoms with Crippen LogP contribution < -0.4 is 0 Å². The van der Waals surface area contributed by atoms with Crippen molar-refractivity contribution >= 4 is 21.5 Å². The SMILES string of the molecule is c1ccc(-c2cc(-c3cccc4ccccc34)nc(-c3ccc4c(-c5cc(-c6ccccc6)nc(-c6cccc(C78CCC(CC7)C8)c6)n5)cccc4c3)n2)cc1. The Bertz CT molecular complexity index is 2940. The fraction of sp³-hybridized carbons (Fsp3) is 0.132. The van der Waals surface area contributed by atoms with E-state index in [2.05, 4.69) is 170 Å². The first-order valence-corrected chi connectivity index (χ1v) is 20.2. The zero-order chi connectivity index (χ0) is 37.8. The quantitative estimate of drug-likeness (QED) is 0.164. The van der Waals surface area contributed by atoms with Crippen molar-refractivity contribution in [3.05, 3.63) is 181 Å². The average molecular weight is 733 g/mol. The molecule has 57 heavy (non-hydrogen) atoms. The van der Waals surface area contributed by atoms with E-state index < -0.39 is 0 Å². The Hall–Kier alpha value is -6.78. The molecule has 0 unspecified atom stereocenters. The summed E-state index contributed by atoms with van der Waals surface area (Å²) in [6, 6.07) is 62.2. The highest BCUT2D eigenvalue weighted by atomic mass is 14.9. The summed E-state index contributed by atoms with van der Waals surface area (Å²) in [7, 11) is 0. The van der Waals surface area contributed by atoms with Crippen LogP contribution in [0.3, 0.4) is 0 Å². The van der Waals surface area contributed by atoms with Gasteiger partial charge in [0.15, 0.2) is 11.6 Å². The molecule has 0 radical (unpaired) electrons. The molecule has 0 N–H and O–H groups in total. The molecule has 0 spiro atoms. The van der Waals surface area contributed by atoms with Crippen LogP contribution in [0, 0.1) is 5.92 Å². The molecule has 2 fully saturated rings. The maximum absolute atomic E-state index is 5.34. The van der Waals surface area contributed by atoms with E-state index in [0.29, 0.717) is 11.2 Å². The second-order valence-corrected chi connectivity index (χ2v) is 15.9. The van der Waals surface area contributed by atoms with Gasteiger partial charge in [0.2, 0.25) is 0 Å². The number of benzene rings is 7. The van der Waals surface area contributed by atoms with Gasteiger partial charge in [-0.2, -0.15) is 0 Å². The fourth-order valence-corrected chi connectivity index (χ4v) is 9.62. The second-order valence-electron chi connectivity index (χ2n) is 15.9. The van der Waals surface area contributed by atoms with Crippen molar-refractivity contribution in [2.24, 2.45) is 5.92 Å². The fourth-order valence-electron chi connectivity index (χ4n) is 9.62. The van der Waals surface area contributed by atoms with Crippen LogP contribution in [0.25, 0.3) is 89.4 Å². The maximum Gasteiger partial charge on any atom is 0.160 e. The molecule has 2 saturated carbocycles. The summed E-state index contributed by atoms with van der Waals surface area (Å²) in [4.78, 5) is 21.0. The molecule has 2 aromatic heterocycles. The molecule has 272 valence electrons. The van der Waals surface area contributed by atoms with Gasteiger partial charge in [0.25, 0.3) is 0 Å². The van der Waals surface area contributed by atoms with E-state index in [1.54, 1.807) is 0 Å². The third-order valence-corrected chi connectivity index (χ3v) is 12.5. The van der Waals surface area contributed by atoms with E-state index in [-0.39, 0.29) is 0 Å². The lowest BCUT2D eigenvalue weighted by molar-refractivity contribution is 0.419. The Morgan fingerprint density at radius 1 is 0.386 bits per heavy atom.